The number of hydrogen-bond donors (Lipinski definition) is 0. The molecule has 0 spiro atoms. The van der Waals surface area contributed by atoms with Crippen LogP contribution >= 0.6 is 15.8 Å². The van der Waals surface area contributed by atoms with Crippen molar-refractivity contribution in [2.45, 2.75) is 0 Å². The third-order valence-corrected chi connectivity index (χ3v) is 21.4. The van der Waals surface area contributed by atoms with Crippen LogP contribution in [-0.4, -0.2) is 5.90 Å². The Labute approximate surface area is 484 Å². The zero-order chi connectivity index (χ0) is 50.5. The largest absolute Gasteiger partial charge is 1.00 e. The van der Waals surface area contributed by atoms with E-state index >= 15 is 0 Å². The summed E-state index contributed by atoms with van der Waals surface area (Å²) < 4.78 is 0. The van der Waals surface area contributed by atoms with Gasteiger partial charge >= 0.3 is 44.8 Å². The third kappa shape index (κ3) is 11.2. The first-order valence-electron chi connectivity index (χ1n) is 25.4. The topological polar surface area (TPSA) is 0 Å². The van der Waals surface area contributed by atoms with Crippen molar-refractivity contribution in [2.75, 3.05) is 5.90 Å². The van der Waals surface area contributed by atoms with E-state index in [0.717, 1.165) is 54.2 Å². The van der Waals surface area contributed by atoms with Crippen LogP contribution in [0, 0.1) is 24.7 Å². The van der Waals surface area contributed by atoms with Crippen LogP contribution in [0.2, 0.25) is 0 Å². The Balaban J connectivity index is 0.000000130. The average Bonchev–Trinajstić information content (AvgIpc) is 3.51. The van der Waals surface area contributed by atoms with Crippen LogP contribution in [0.4, 0.5) is 0 Å². The van der Waals surface area contributed by atoms with E-state index in [1.54, 1.807) is 0 Å². The van der Waals surface area contributed by atoms with Gasteiger partial charge < -0.3 is 12.8 Å². The zero-order valence-electron chi connectivity index (χ0n) is 41.9. The Kier molecular flexibility index (Phi) is 16.7. The van der Waals surface area contributed by atoms with Crippen molar-refractivity contribution >= 4 is 123 Å². The van der Waals surface area contributed by atoms with Crippen LogP contribution in [0.25, 0.3) is 86.2 Å². The van der Waals surface area contributed by atoms with Gasteiger partial charge in [0.25, 0.3) is 0 Å². The van der Waals surface area contributed by atoms with Crippen molar-refractivity contribution in [1.82, 2.24) is 0 Å². The molecular formula is C73H50Au2P2+2. The van der Waals surface area contributed by atoms with Crippen molar-refractivity contribution in [1.29, 1.82) is 0 Å². The fraction of sp³-hybridized carbons (Fsp3) is 0.0137. The third-order valence-electron chi connectivity index (χ3n) is 14.5. The van der Waals surface area contributed by atoms with Crippen LogP contribution in [0.5, 0.6) is 0 Å². The first-order valence-corrected chi connectivity index (χ1v) is 28.8. The molecule has 0 saturated carbocycles. The average molecular weight is 1380 g/mol. The summed E-state index contributed by atoms with van der Waals surface area (Å²) in [5.41, 5.74) is 1.75. The van der Waals surface area contributed by atoms with Gasteiger partial charge in [0.05, 0.1) is 0 Å². The monoisotopic (exact) mass is 1380 g/mol. The molecule has 0 atom stereocenters. The minimum Gasteiger partial charge on any atom is -0.366 e. The summed E-state index contributed by atoms with van der Waals surface area (Å²) in [5, 5.41) is 24.7. The van der Waals surface area contributed by atoms with E-state index in [0.29, 0.717) is 0 Å². The van der Waals surface area contributed by atoms with Crippen LogP contribution < -0.4 is 21.2 Å². The van der Waals surface area contributed by atoms with Gasteiger partial charge in [0.15, 0.2) is 5.90 Å². The summed E-state index contributed by atoms with van der Waals surface area (Å²) in [7, 11) is -1.69. The molecule has 14 aromatic carbocycles. The predicted octanol–water partition coefficient (Wildman–Crippen LogP) is 17.1. The maximum absolute atomic E-state index is 7.87. The molecule has 0 fully saturated rings. The van der Waals surface area contributed by atoms with Crippen LogP contribution in [0.15, 0.2) is 279 Å². The molecule has 0 aliphatic rings. The molecule has 0 saturated heterocycles. The fourth-order valence-electron chi connectivity index (χ4n) is 10.7. The Bertz CT molecular complexity index is 3920. The molecule has 4 heteroatoms. The molecule has 0 bridgehead atoms. The van der Waals surface area contributed by atoms with E-state index < -0.39 is 15.8 Å². The molecule has 0 aliphatic heterocycles. The van der Waals surface area contributed by atoms with Gasteiger partial charge in [0, 0.05) is 0 Å². The molecule has 14 aromatic rings. The van der Waals surface area contributed by atoms with Crippen LogP contribution in [-0.2, 0) is 44.8 Å². The second kappa shape index (κ2) is 24.3. The van der Waals surface area contributed by atoms with Gasteiger partial charge in [-0.3, -0.25) is 11.8 Å². The van der Waals surface area contributed by atoms with E-state index in [1.165, 1.54) is 70.2 Å². The van der Waals surface area contributed by atoms with Crippen LogP contribution in [0.3, 0.4) is 0 Å². The molecule has 0 aliphatic carbocycles. The minimum atomic E-state index is -0.847. The van der Waals surface area contributed by atoms with Gasteiger partial charge in [-0.1, -0.05) is 216 Å². The standard InChI is InChI=1S/C25H22P2.2C24H13.2Au/c1-5-13-22(14-6-1)26(23-15-7-2-8-16-23)21-27(24-17-9-3-10-18-24)25-19-11-4-12-20-25;2*1-2-22-23-14-18-9-5-3-7-16(18)11-20(23)13-21-12-17-8-4-6-10-19(17)15-24(21)22;;/h1-20H,21H2;2*3-15H;;/q;2*-1;2*+1/p+2. The van der Waals surface area contributed by atoms with Gasteiger partial charge in [-0.15, -0.1) is 11.1 Å². The Hall–Kier alpha value is -7.38. The Morgan fingerprint density at radius 1 is 0.234 bits per heavy atom. The summed E-state index contributed by atoms with van der Waals surface area (Å²) in [4.78, 5) is 0. The van der Waals surface area contributed by atoms with Crippen molar-refractivity contribution < 1.29 is 44.8 Å². The van der Waals surface area contributed by atoms with Crippen LogP contribution in [0.1, 0.15) is 11.1 Å². The first kappa shape index (κ1) is 53.0. The van der Waals surface area contributed by atoms with Crippen molar-refractivity contribution in [3.8, 4) is 11.8 Å². The van der Waals surface area contributed by atoms with E-state index in [4.69, 9.17) is 12.8 Å². The maximum atomic E-state index is 7.87. The number of hydrogen-bond acceptors (Lipinski definition) is 0. The molecule has 0 aromatic heterocycles. The number of benzene rings is 14. The maximum Gasteiger partial charge on any atom is 1.00 e. The summed E-state index contributed by atoms with van der Waals surface area (Å²) in [6, 6.07) is 99.9. The van der Waals surface area contributed by atoms with Gasteiger partial charge in [-0.2, -0.15) is 0 Å². The van der Waals surface area contributed by atoms with E-state index in [9.17, 15) is 0 Å². The molecule has 0 amide bonds. The molecule has 0 unspecified atom stereocenters. The molecule has 0 heterocycles. The second-order valence-corrected chi connectivity index (χ2v) is 24.7. The van der Waals surface area contributed by atoms with Crippen molar-refractivity contribution in [2.24, 2.45) is 0 Å². The quantitative estimate of drug-likeness (QED) is 0.0512. The Morgan fingerprint density at radius 2 is 0.416 bits per heavy atom. The van der Waals surface area contributed by atoms with E-state index in [-0.39, 0.29) is 44.8 Å². The number of fused-ring (bicyclic) bond motifs is 8. The Morgan fingerprint density at radius 3 is 0.623 bits per heavy atom. The zero-order valence-corrected chi connectivity index (χ0v) is 48.2. The normalized spacial score (nSPS) is 10.9. The van der Waals surface area contributed by atoms with E-state index in [2.05, 4.69) is 291 Å². The molecule has 77 heavy (non-hydrogen) atoms. The smallest absolute Gasteiger partial charge is 0.366 e. The summed E-state index contributed by atoms with van der Waals surface area (Å²) in [6.07, 6.45) is 15.7. The van der Waals surface area contributed by atoms with Crippen molar-refractivity contribution in [3.63, 3.8) is 0 Å². The predicted molar refractivity (Wildman–Crippen MR) is 331 cm³/mol. The minimum absolute atomic E-state index is 0. The first-order chi connectivity index (χ1) is 37.1. The summed E-state index contributed by atoms with van der Waals surface area (Å²) >= 11 is 0. The van der Waals surface area contributed by atoms with Gasteiger partial charge in [0.1, 0.15) is 37.1 Å². The molecule has 372 valence electrons. The second-order valence-electron chi connectivity index (χ2n) is 19.0. The van der Waals surface area contributed by atoms with Crippen molar-refractivity contribution in [3.05, 3.63) is 303 Å². The molecule has 0 N–H and O–H groups in total. The SMILES string of the molecule is [Au+].[Au+].[C-]#Cc1c2cc3ccccc3cc2cc2cc3ccccc3cc12.[C-]#Cc1c2cc3ccccc3cc2cc2cc3ccccc3cc12.c1ccc([PH+](C[PH+](c2ccccc2)c2ccccc2)c2ccccc2)cc1. The fourth-order valence-corrected chi connectivity index (χ4v) is 18.5. The molecule has 0 nitrogen and oxygen atoms in total. The van der Waals surface area contributed by atoms with Gasteiger partial charge in [-0.25, -0.2) is 0 Å². The molecule has 0 radical (unpaired) electrons. The summed E-state index contributed by atoms with van der Waals surface area (Å²) in [6.45, 7) is 0. The van der Waals surface area contributed by atoms with E-state index in [1.807, 2.05) is 0 Å². The summed E-state index contributed by atoms with van der Waals surface area (Å²) in [5.74, 6) is 6.63. The van der Waals surface area contributed by atoms with Gasteiger partial charge in [0.2, 0.25) is 0 Å². The molecular weight excluding hydrogens is 1330 g/mol. The molecule has 14 rings (SSSR count). The van der Waals surface area contributed by atoms with Gasteiger partial charge in [-0.05, 0) is 150 Å². The number of rotatable bonds is 6.